The van der Waals surface area contributed by atoms with Crippen molar-refractivity contribution in [1.82, 2.24) is 5.32 Å². The van der Waals surface area contributed by atoms with Crippen LogP contribution in [0.3, 0.4) is 0 Å². The minimum Gasteiger partial charge on any atom is -0.478 e. The number of carbonyl (C=O) groups excluding carboxylic acids is 1. The Balaban J connectivity index is 1.82. The molecule has 8 heteroatoms. The monoisotopic (exact) mass is 381 g/mol. The summed E-state index contributed by atoms with van der Waals surface area (Å²) in [7, 11) is 0. The zero-order valence-corrected chi connectivity index (χ0v) is 14.3. The number of aryl methyl sites for hydroxylation is 1. The number of alkyl halides is 3. The Kier molecular flexibility index (Phi) is 6.81. The van der Waals surface area contributed by atoms with Gasteiger partial charge >= 0.3 is 12.3 Å². The van der Waals surface area contributed by atoms with E-state index in [0.717, 1.165) is 5.56 Å². The molecule has 0 atom stereocenters. The van der Waals surface area contributed by atoms with Crippen molar-refractivity contribution in [3.63, 3.8) is 0 Å². The van der Waals surface area contributed by atoms with Crippen LogP contribution in [0, 0.1) is 0 Å². The molecule has 0 saturated carbocycles. The molecule has 0 radical (unpaired) electrons. The van der Waals surface area contributed by atoms with Crippen LogP contribution in [-0.4, -0.2) is 29.9 Å². The maximum absolute atomic E-state index is 12.4. The average Bonchev–Trinajstić information content (AvgIpc) is 2.60. The Bertz CT molecular complexity index is 806. The van der Waals surface area contributed by atoms with E-state index in [1.54, 1.807) is 18.2 Å². The van der Waals surface area contributed by atoms with E-state index in [1.807, 2.05) is 0 Å². The van der Waals surface area contributed by atoms with Crippen LogP contribution in [0.15, 0.2) is 48.5 Å². The lowest BCUT2D eigenvalue weighted by Gasteiger charge is -2.13. The molecule has 0 aromatic heterocycles. The fraction of sp³-hybridized carbons (Fsp3) is 0.263. The number of aromatic carboxylic acids is 1. The van der Waals surface area contributed by atoms with Crippen LogP contribution in [0.25, 0.3) is 0 Å². The summed E-state index contributed by atoms with van der Waals surface area (Å²) in [5.74, 6) is -1.66. The van der Waals surface area contributed by atoms with Crippen molar-refractivity contribution in [2.45, 2.75) is 25.6 Å². The highest BCUT2D eigenvalue weighted by Gasteiger charge is 2.31. The lowest BCUT2D eigenvalue weighted by Crippen LogP contribution is -2.26. The Morgan fingerprint density at radius 2 is 1.78 bits per heavy atom. The molecule has 0 fully saturated rings. The second-order valence-corrected chi connectivity index (χ2v) is 5.76. The van der Waals surface area contributed by atoms with Gasteiger partial charge in [-0.05, 0) is 42.2 Å². The Labute approximate surface area is 153 Å². The van der Waals surface area contributed by atoms with Gasteiger partial charge in [-0.25, -0.2) is 4.79 Å². The molecule has 0 saturated heterocycles. The summed E-state index contributed by atoms with van der Waals surface area (Å²) in [5.41, 5.74) is 1.22. The number of nitrogens with one attached hydrogen (secondary N) is 1. The van der Waals surface area contributed by atoms with Crippen molar-refractivity contribution < 1.29 is 32.6 Å². The van der Waals surface area contributed by atoms with E-state index in [4.69, 9.17) is 5.11 Å². The first-order valence-corrected chi connectivity index (χ1v) is 8.17. The molecule has 2 rings (SSSR count). The standard InChI is InChI=1S/C19H18F3NO4/c20-19(21,22)27-16-7-2-1-5-14(16)8-9-17(24)23-11-10-13-4-3-6-15(12-13)18(25)26/h1-7,12H,8-11H2,(H,23,24)(H,25,26). The number of carboxylic acid groups (broad SMARTS) is 1. The molecule has 0 aliphatic rings. The van der Waals surface area contributed by atoms with Crippen molar-refractivity contribution in [1.29, 1.82) is 0 Å². The first-order valence-electron chi connectivity index (χ1n) is 8.17. The fourth-order valence-electron chi connectivity index (χ4n) is 2.48. The summed E-state index contributed by atoms with van der Waals surface area (Å²) >= 11 is 0. The Morgan fingerprint density at radius 1 is 1.04 bits per heavy atom. The molecule has 27 heavy (non-hydrogen) atoms. The predicted octanol–water partition coefficient (Wildman–Crippen LogP) is 3.57. The van der Waals surface area contributed by atoms with Crippen molar-refractivity contribution in [3.05, 3.63) is 65.2 Å². The third kappa shape index (κ3) is 7.01. The minimum atomic E-state index is -4.79. The lowest BCUT2D eigenvalue weighted by atomic mass is 10.1. The molecule has 0 bridgehead atoms. The third-order valence-corrected chi connectivity index (χ3v) is 3.73. The zero-order valence-electron chi connectivity index (χ0n) is 14.3. The molecule has 0 aliphatic carbocycles. The molecule has 2 N–H and O–H groups in total. The second-order valence-electron chi connectivity index (χ2n) is 5.76. The zero-order chi connectivity index (χ0) is 19.9. The molecular formula is C19H18F3NO4. The average molecular weight is 381 g/mol. The molecule has 144 valence electrons. The van der Waals surface area contributed by atoms with Crippen molar-refractivity contribution in [2.24, 2.45) is 0 Å². The van der Waals surface area contributed by atoms with E-state index in [1.165, 1.54) is 30.3 Å². The van der Waals surface area contributed by atoms with Crippen LogP contribution >= 0.6 is 0 Å². The van der Waals surface area contributed by atoms with E-state index in [2.05, 4.69) is 10.1 Å². The third-order valence-electron chi connectivity index (χ3n) is 3.73. The van der Waals surface area contributed by atoms with Gasteiger partial charge in [0.1, 0.15) is 5.75 Å². The summed E-state index contributed by atoms with van der Waals surface area (Å²) in [6, 6.07) is 12.1. The Morgan fingerprint density at radius 3 is 2.48 bits per heavy atom. The van der Waals surface area contributed by atoms with Gasteiger partial charge in [-0.1, -0.05) is 30.3 Å². The highest BCUT2D eigenvalue weighted by Crippen LogP contribution is 2.26. The van der Waals surface area contributed by atoms with Crippen molar-refractivity contribution in [3.8, 4) is 5.75 Å². The minimum absolute atomic E-state index is 0.00734. The van der Waals surface area contributed by atoms with Crippen LogP contribution < -0.4 is 10.1 Å². The summed E-state index contributed by atoms with van der Waals surface area (Å²) in [6.45, 7) is 0.294. The summed E-state index contributed by atoms with van der Waals surface area (Å²) in [5, 5.41) is 11.6. The smallest absolute Gasteiger partial charge is 0.478 e. The molecule has 0 spiro atoms. The van der Waals surface area contributed by atoms with Gasteiger partial charge in [0.15, 0.2) is 0 Å². The van der Waals surface area contributed by atoms with E-state index in [-0.39, 0.29) is 30.1 Å². The number of rotatable bonds is 8. The topological polar surface area (TPSA) is 75.6 Å². The SMILES string of the molecule is O=C(CCc1ccccc1OC(F)(F)F)NCCc1cccc(C(=O)O)c1. The number of ether oxygens (including phenoxy) is 1. The Hall–Kier alpha value is -3.03. The molecule has 0 heterocycles. The van der Waals surface area contributed by atoms with E-state index < -0.39 is 12.3 Å². The van der Waals surface area contributed by atoms with Gasteiger partial charge in [-0.3, -0.25) is 4.79 Å². The predicted molar refractivity (Wildman–Crippen MR) is 91.6 cm³/mol. The molecule has 2 aromatic carbocycles. The van der Waals surface area contributed by atoms with Gasteiger partial charge in [-0.2, -0.15) is 0 Å². The highest BCUT2D eigenvalue weighted by molar-refractivity contribution is 5.87. The number of para-hydroxylation sites is 1. The van der Waals surface area contributed by atoms with Gasteiger partial charge < -0.3 is 15.2 Å². The van der Waals surface area contributed by atoms with Crippen LogP contribution in [0.4, 0.5) is 13.2 Å². The van der Waals surface area contributed by atoms with Crippen molar-refractivity contribution in [2.75, 3.05) is 6.54 Å². The van der Waals surface area contributed by atoms with Gasteiger partial charge in [0.25, 0.3) is 0 Å². The molecule has 2 aromatic rings. The summed E-state index contributed by atoms with van der Waals surface area (Å²) < 4.78 is 41.1. The number of hydrogen-bond donors (Lipinski definition) is 2. The van der Waals surface area contributed by atoms with E-state index >= 15 is 0 Å². The number of carbonyl (C=O) groups is 2. The van der Waals surface area contributed by atoms with Crippen molar-refractivity contribution >= 4 is 11.9 Å². The number of amides is 1. The first-order chi connectivity index (χ1) is 12.7. The molecule has 0 aliphatic heterocycles. The summed E-state index contributed by atoms with van der Waals surface area (Å²) in [4.78, 5) is 22.8. The van der Waals surface area contributed by atoms with E-state index in [9.17, 15) is 22.8 Å². The van der Waals surface area contributed by atoms with Crippen LogP contribution in [0.5, 0.6) is 5.75 Å². The second kappa shape index (κ2) is 9.07. The fourth-order valence-corrected chi connectivity index (χ4v) is 2.48. The van der Waals surface area contributed by atoms with Gasteiger partial charge in [-0.15, -0.1) is 13.2 Å². The van der Waals surface area contributed by atoms with Gasteiger partial charge in [0.05, 0.1) is 5.56 Å². The molecular weight excluding hydrogens is 363 g/mol. The van der Waals surface area contributed by atoms with Crippen LogP contribution in [-0.2, 0) is 17.6 Å². The largest absolute Gasteiger partial charge is 0.573 e. The number of carboxylic acids is 1. The normalized spacial score (nSPS) is 11.1. The quantitative estimate of drug-likeness (QED) is 0.733. The number of halogens is 3. The number of benzene rings is 2. The van der Waals surface area contributed by atoms with Crippen LogP contribution in [0.1, 0.15) is 27.9 Å². The summed E-state index contributed by atoms with van der Waals surface area (Å²) in [6.07, 6.45) is -4.23. The van der Waals surface area contributed by atoms with Crippen LogP contribution in [0.2, 0.25) is 0 Å². The van der Waals surface area contributed by atoms with Gasteiger partial charge in [0.2, 0.25) is 5.91 Å². The first kappa shape index (κ1) is 20.3. The van der Waals surface area contributed by atoms with Gasteiger partial charge in [0, 0.05) is 13.0 Å². The molecule has 5 nitrogen and oxygen atoms in total. The highest BCUT2D eigenvalue weighted by atomic mass is 19.4. The van der Waals surface area contributed by atoms with E-state index in [0.29, 0.717) is 18.5 Å². The number of hydrogen-bond acceptors (Lipinski definition) is 3. The molecule has 1 amide bonds. The molecule has 0 unspecified atom stereocenters. The maximum atomic E-state index is 12.4. The lowest BCUT2D eigenvalue weighted by molar-refractivity contribution is -0.274. The maximum Gasteiger partial charge on any atom is 0.573 e.